The van der Waals surface area contributed by atoms with Gasteiger partial charge in [0.15, 0.2) is 17.2 Å². The van der Waals surface area contributed by atoms with E-state index in [1.165, 1.54) is 17.2 Å². The number of Topliss-reactive ketones (excluding diaryl/α,β-unsaturated/α-hetero) is 1. The van der Waals surface area contributed by atoms with Crippen molar-refractivity contribution >= 4 is 22.8 Å². The van der Waals surface area contributed by atoms with E-state index in [0.29, 0.717) is 11.2 Å². The molecule has 3 heterocycles. The monoisotopic (exact) mass is 369 g/mol. The number of hydrogen-bond acceptors (Lipinski definition) is 8. The molecule has 4 N–H and O–H groups in total. The second-order valence-electron chi connectivity index (χ2n) is 6.53. The first-order chi connectivity index (χ1) is 13.0. The number of nitrogens with zero attached hydrogens (tertiary/aromatic N) is 4. The SMILES string of the molecule is Nc1ncnc2c1ncn2[C@@]1(C(=O)Cc2ccccc2)C[C@H](O)[C@@H](CO)O1. The Kier molecular flexibility index (Phi) is 4.34. The van der Waals surface area contributed by atoms with Crippen LogP contribution in [0.5, 0.6) is 0 Å². The fourth-order valence-electron chi connectivity index (χ4n) is 3.46. The van der Waals surface area contributed by atoms with Crippen molar-refractivity contribution in [1.29, 1.82) is 0 Å². The fraction of sp³-hybridized carbons (Fsp3) is 0.333. The molecular weight excluding hydrogens is 350 g/mol. The standard InChI is InChI=1S/C18H19N5O4/c19-16-15-17(21-9-20-16)23(10-22-15)18(7-12(25)13(8-24)27-18)14(26)6-11-4-2-1-3-5-11/h1-5,9-10,12-13,24-25H,6-8H2,(H2,19,20,21)/t12-,13+,18-/m0/s1. The van der Waals surface area contributed by atoms with Crippen LogP contribution in [0.4, 0.5) is 5.82 Å². The number of ether oxygens (including phenoxy) is 1. The molecule has 1 aromatic carbocycles. The predicted molar refractivity (Wildman–Crippen MR) is 95.4 cm³/mol. The Morgan fingerprint density at radius 3 is 2.78 bits per heavy atom. The molecule has 140 valence electrons. The second kappa shape index (κ2) is 6.69. The molecule has 0 unspecified atom stereocenters. The van der Waals surface area contributed by atoms with Gasteiger partial charge >= 0.3 is 0 Å². The van der Waals surface area contributed by atoms with Gasteiger partial charge in [0.2, 0.25) is 5.72 Å². The number of carbonyl (C=O) groups excluding carboxylic acids is 1. The molecule has 1 aliphatic heterocycles. The zero-order valence-corrected chi connectivity index (χ0v) is 14.4. The van der Waals surface area contributed by atoms with E-state index >= 15 is 0 Å². The topological polar surface area (TPSA) is 136 Å². The Balaban J connectivity index is 1.82. The van der Waals surface area contributed by atoms with E-state index in [1.54, 1.807) is 0 Å². The third-order valence-corrected chi connectivity index (χ3v) is 4.84. The van der Waals surface area contributed by atoms with E-state index in [4.69, 9.17) is 10.5 Å². The van der Waals surface area contributed by atoms with E-state index in [-0.39, 0.29) is 24.4 Å². The third-order valence-electron chi connectivity index (χ3n) is 4.84. The lowest BCUT2D eigenvalue weighted by atomic mass is 9.96. The molecule has 27 heavy (non-hydrogen) atoms. The molecule has 0 bridgehead atoms. The van der Waals surface area contributed by atoms with Gasteiger partial charge < -0.3 is 20.7 Å². The predicted octanol–water partition coefficient (Wildman–Crippen LogP) is 0.0152. The Hall–Kier alpha value is -2.88. The van der Waals surface area contributed by atoms with Gasteiger partial charge in [-0.05, 0) is 5.56 Å². The maximum absolute atomic E-state index is 13.3. The van der Waals surface area contributed by atoms with Gasteiger partial charge in [-0.2, -0.15) is 0 Å². The van der Waals surface area contributed by atoms with Gasteiger partial charge in [0.05, 0.1) is 19.0 Å². The van der Waals surface area contributed by atoms with Crippen LogP contribution in [-0.2, 0) is 21.7 Å². The van der Waals surface area contributed by atoms with E-state index in [1.807, 2.05) is 30.3 Å². The summed E-state index contributed by atoms with van der Waals surface area (Å²) in [4.78, 5) is 25.6. The Bertz CT molecular complexity index is 976. The van der Waals surface area contributed by atoms with E-state index in [9.17, 15) is 15.0 Å². The Labute approximate surface area is 154 Å². The van der Waals surface area contributed by atoms with Crippen molar-refractivity contribution in [2.75, 3.05) is 12.3 Å². The number of aliphatic hydroxyl groups is 2. The summed E-state index contributed by atoms with van der Waals surface area (Å²) >= 11 is 0. The average Bonchev–Trinajstić information content (AvgIpc) is 3.25. The number of fused-ring (bicyclic) bond motifs is 1. The highest BCUT2D eigenvalue weighted by Gasteiger charge is 2.52. The molecular formula is C18H19N5O4. The highest BCUT2D eigenvalue weighted by molar-refractivity contribution is 5.90. The largest absolute Gasteiger partial charge is 0.394 e. The van der Waals surface area contributed by atoms with Gasteiger partial charge in [0.25, 0.3) is 0 Å². The molecule has 4 rings (SSSR count). The molecule has 3 atom stereocenters. The van der Waals surface area contributed by atoms with Gasteiger partial charge in [-0.25, -0.2) is 15.0 Å². The van der Waals surface area contributed by atoms with E-state index in [0.717, 1.165) is 5.56 Å². The quantitative estimate of drug-likeness (QED) is 0.572. The number of aromatic nitrogens is 4. The van der Waals surface area contributed by atoms with Crippen molar-refractivity contribution in [3.8, 4) is 0 Å². The molecule has 1 fully saturated rings. The van der Waals surface area contributed by atoms with Gasteiger partial charge in [-0.15, -0.1) is 0 Å². The summed E-state index contributed by atoms with van der Waals surface area (Å²) in [5.74, 6) is -0.0955. The van der Waals surface area contributed by atoms with Crippen LogP contribution < -0.4 is 5.73 Å². The molecule has 1 aliphatic rings. The number of anilines is 1. The summed E-state index contributed by atoms with van der Waals surface area (Å²) in [6.07, 6.45) is 0.851. The Morgan fingerprint density at radius 1 is 1.30 bits per heavy atom. The number of ketones is 1. The van der Waals surface area contributed by atoms with E-state index < -0.39 is 24.5 Å². The molecule has 1 saturated heterocycles. The van der Waals surface area contributed by atoms with Crippen molar-refractivity contribution in [1.82, 2.24) is 19.5 Å². The number of hydrogen-bond donors (Lipinski definition) is 3. The third kappa shape index (κ3) is 2.85. The zero-order valence-electron chi connectivity index (χ0n) is 14.4. The lowest BCUT2D eigenvalue weighted by Gasteiger charge is -2.29. The zero-order chi connectivity index (χ0) is 19.0. The summed E-state index contributed by atoms with van der Waals surface area (Å²) in [6, 6.07) is 9.23. The van der Waals surface area contributed by atoms with Crippen molar-refractivity contribution in [2.45, 2.75) is 30.8 Å². The lowest BCUT2D eigenvalue weighted by Crippen LogP contribution is -2.43. The molecule has 0 aliphatic carbocycles. The van der Waals surface area contributed by atoms with Crippen LogP contribution in [0.1, 0.15) is 12.0 Å². The molecule has 0 radical (unpaired) electrons. The van der Waals surface area contributed by atoms with Crippen LogP contribution in [0.15, 0.2) is 43.0 Å². The second-order valence-corrected chi connectivity index (χ2v) is 6.53. The van der Waals surface area contributed by atoms with Crippen molar-refractivity contribution in [2.24, 2.45) is 0 Å². The molecule has 0 saturated carbocycles. The van der Waals surface area contributed by atoms with Gasteiger partial charge in [-0.1, -0.05) is 30.3 Å². The lowest BCUT2D eigenvalue weighted by molar-refractivity contribution is -0.160. The summed E-state index contributed by atoms with van der Waals surface area (Å²) in [5.41, 5.74) is 5.79. The van der Waals surface area contributed by atoms with Crippen molar-refractivity contribution in [3.63, 3.8) is 0 Å². The Morgan fingerprint density at radius 2 is 2.07 bits per heavy atom. The average molecular weight is 369 g/mol. The number of nitrogens with two attached hydrogens (primary N) is 1. The molecule has 9 nitrogen and oxygen atoms in total. The van der Waals surface area contributed by atoms with Crippen molar-refractivity contribution < 1.29 is 19.7 Å². The van der Waals surface area contributed by atoms with Gasteiger partial charge in [0.1, 0.15) is 17.9 Å². The van der Waals surface area contributed by atoms with Crippen LogP contribution in [-0.4, -0.2) is 54.3 Å². The molecule has 9 heteroatoms. The first-order valence-corrected chi connectivity index (χ1v) is 8.53. The number of aliphatic hydroxyl groups excluding tert-OH is 2. The first-order valence-electron chi connectivity index (χ1n) is 8.53. The van der Waals surface area contributed by atoms with Gasteiger partial charge in [0, 0.05) is 12.8 Å². The van der Waals surface area contributed by atoms with Crippen molar-refractivity contribution in [3.05, 3.63) is 48.5 Å². The molecule has 3 aromatic rings. The highest BCUT2D eigenvalue weighted by Crippen LogP contribution is 2.39. The fourth-order valence-corrected chi connectivity index (χ4v) is 3.46. The number of imidazole rings is 1. The minimum Gasteiger partial charge on any atom is -0.394 e. The molecule has 0 amide bonds. The highest BCUT2D eigenvalue weighted by atomic mass is 16.6. The normalized spacial score (nSPS) is 25.1. The maximum Gasteiger partial charge on any atom is 0.210 e. The molecule has 0 spiro atoms. The number of benzene rings is 1. The molecule has 2 aromatic heterocycles. The number of nitrogen functional groups attached to an aromatic ring is 1. The summed E-state index contributed by atoms with van der Waals surface area (Å²) in [6.45, 7) is -0.411. The summed E-state index contributed by atoms with van der Waals surface area (Å²) in [7, 11) is 0. The van der Waals surface area contributed by atoms with Crippen LogP contribution in [0.2, 0.25) is 0 Å². The summed E-state index contributed by atoms with van der Waals surface area (Å²) < 4.78 is 7.39. The number of rotatable bonds is 5. The van der Waals surface area contributed by atoms with E-state index in [2.05, 4.69) is 15.0 Å². The minimum absolute atomic E-state index is 0.0285. The van der Waals surface area contributed by atoms with Crippen LogP contribution in [0.3, 0.4) is 0 Å². The first kappa shape index (κ1) is 17.5. The number of carbonyl (C=O) groups is 1. The van der Waals surface area contributed by atoms with Crippen LogP contribution >= 0.6 is 0 Å². The van der Waals surface area contributed by atoms with Crippen LogP contribution in [0.25, 0.3) is 11.2 Å². The minimum atomic E-state index is -1.54. The smallest absolute Gasteiger partial charge is 0.210 e. The maximum atomic E-state index is 13.3. The summed E-state index contributed by atoms with van der Waals surface area (Å²) in [5, 5.41) is 19.9. The van der Waals surface area contributed by atoms with Crippen LogP contribution in [0, 0.1) is 0 Å². The van der Waals surface area contributed by atoms with Gasteiger partial charge in [-0.3, -0.25) is 9.36 Å².